The van der Waals surface area contributed by atoms with E-state index in [-0.39, 0.29) is 5.95 Å². The summed E-state index contributed by atoms with van der Waals surface area (Å²) in [5.41, 5.74) is 7.45. The number of nitrogens with zero attached hydrogens (tertiary/aromatic N) is 3. The van der Waals surface area contributed by atoms with Gasteiger partial charge in [-0.1, -0.05) is 0 Å². The third-order valence-corrected chi connectivity index (χ3v) is 2.11. The molecular formula is C9H13N6+. The molecule has 0 fully saturated rings. The van der Waals surface area contributed by atoms with Crippen molar-refractivity contribution in [2.24, 2.45) is 7.05 Å². The summed E-state index contributed by atoms with van der Waals surface area (Å²) in [5, 5.41) is 6.02. The smallest absolute Gasteiger partial charge is 0.221 e. The Balaban J connectivity index is 2.52. The van der Waals surface area contributed by atoms with Crippen LogP contribution in [0.25, 0.3) is 11.1 Å². The summed E-state index contributed by atoms with van der Waals surface area (Å²) in [6.45, 7) is 0. The molecule has 6 nitrogen and oxygen atoms in total. The van der Waals surface area contributed by atoms with Gasteiger partial charge >= 0.3 is 0 Å². The number of nitrogens with two attached hydrogens (primary N) is 1. The van der Waals surface area contributed by atoms with Crippen molar-refractivity contribution in [3.8, 4) is 11.1 Å². The van der Waals surface area contributed by atoms with Crippen molar-refractivity contribution in [3.63, 3.8) is 0 Å². The lowest BCUT2D eigenvalue weighted by atomic mass is 10.2. The Hall–Kier alpha value is -2.11. The van der Waals surface area contributed by atoms with Crippen LogP contribution in [0.2, 0.25) is 0 Å². The van der Waals surface area contributed by atoms with Gasteiger partial charge in [-0.05, 0) is 0 Å². The lowest BCUT2D eigenvalue weighted by molar-refractivity contribution is -0.726. The first-order valence-corrected chi connectivity index (χ1v) is 4.55. The molecule has 0 saturated carbocycles. The molecular weight excluding hydrogens is 192 g/mol. The summed E-state index contributed by atoms with van der Waals surface area (Å²) >= 11 is 0. The molecule has 2 heterocycles. The Morgan fingerprint density at radius 3 is 2.93 bits per heavy atom. The van der Waals surface area contributed by atoms with Crippen LogP contribution in [0.1, 0.15) is 0 Å². The molecule has 0 amide bonds. The highest BCUT2D eigenvalue weighted by Crippen LogP contribution is 2.23. The standard InChI is InChI=1S/C9H12N6/c1-11-8-7(4-12-9(10)14-8)6-3-13-15(2)5-6/h3-5H,1-2H3,(H3,10,11,12,14)/p+1. The van der Waals surface area contributed by atoms with Crippen LogP contribution in [0.15, 0.2) is 18.6 Å². The molecule has 2 rings (SSSR count). The summed E-state index contributed by atoms with van der Waals surface area (Å²) in [4.78, 5) is 8.09. The van der Waals surface area contributed by atoms with Crippen LogP contribution in [-0.4, -0.2) is 22.1 Å². The molecule has 0 saturated heterocycles. The highest BCUT2D eigenvalue weighted by atomic mass is 15.2. The predicted molar refractivity (Wildman–Crippen MR) is 57.0 cm³/mol. The second-order valence-electron chi connectivity index (χ2n) is 3.21. The van der Waals surface area contributed by atoms with Crippen LogP contribution in [0, 0.1) is 0 Å². The number of nitrogens with one attached hydrogen (secondary N) is 2. The lowest BCUT2D eigenvalue weighted by Gasteiger charge is -2.04. The number of H-pyrrole nitrogens is 1. The molecule has 15 heavy (non-hydrogen) atoms. The fourth-order valence-electron chi connectivity index (χ4n) is 1.40. The molecule has 6 heteroatoms. The van der Waals surface area contributed by atoms with Crippen LogP contribution in [0.4, 0.5) is 11.8 Å². The Bertz CT molecular complexity index is 475. The van der Waals surface area contributed by atoms with Gasteiger partial charge in [-0.15, -0.1) is 4.68 Å². The van der Waals surface area contributed by atoms with Crippen molar-refractivity contribution in [3.05, 3.63) is 18.6 Å². The SMILES string of the molecule is CNc1nc(N)ncc1-c1c[nH][n+](C)c1. The fourth-order valence-corrected chi connectivity index (χ4v) is 1.40. The van der Waals surface area contributed by atoms with E-state index in [4.69, 9.17) is 5.73 Å². The van der Waals surface area contributed by atoms with Crippen molar-refractivity contribution < 1.29 is 4.68 Å². The van der Waals surface area contributed by atoms with E-state index < -0.39 is 0 Å². The van der Waals surface area contributed by atoms with Gasteiger partial charge in [-0.25, -0.2) is 4.98 Å². The molecule has 78 valence electrons. The molecule has 0 atom stereocenters. The minimum absolute atomic E-state index is 0.267. The zero-order chi connectivity index (χ0) is 10.8. The number of aromatic nitrogens is 4. The minimum atomic E-state index is 0.267. The van der Waals surface area contributed by atoms with Gasteiger partial charge < -0.3 is 11.1 Å². The van der Waals surface area contributed by atoms with Crippen LogP contribution in [0.3, 0.4) is 0 Å². The normalized spacial score (nSPS) is 10.3. The van der Waals surface area contributed by atoms with Gasteiger partial charge in [0.2, 0.25) is 12.1 Å². The maximum absolute atomic E-state index is 5.51. The molecule has 2 aromatic heterocycles. The maximum Gasteiger partial charge on any atom is 0.221 e. The third kappa shape index (κ3) is 1.74. The first kappa shape index (κ1) is 9.45. The number of nitrogen functional groups attached to an aromatic ring is 1. The Labute approximate surface area is 87.2 Å². The van der Waals surface area contributed by atoms with Gasteiger partial charge in [0.1, 0.15) is 5.82 Å². The lowest BCUT2D eigenvalue weighted by Crippen LogP contribution is -2.27. The number of hydrogen-bond acceptors (Lipinski definition) is 4. The second kappa shape index (κ2) is 3.56. The Morgan fingerprint density at radius 1 is 1.53 bits per heavy atom. The largest absolute Gasteiger partial charge is 0.372 e. The van der Waals surface area contributed by atoms with Crippen LogP contribution >= 0.6 is 0 Å². The van der Waals surface area contributed by atoms with E-state index in [1.165, 1.54) is 0 Å². The minimum Gasteiger partial charge on any atom is -0.372 e. The molecule has 0 radical (unpaired) electrons. The van der Waals surface area contributed by atoms with E-state index in [0.29, 0.717) is 0 Å². The number of anilines is 2. The van der Waals surface area contributed by atoms with E-state index in [0.717, 1.165) is 16.9 Å². The van der Waals surface area contributed by atoms with Crippen LogP contribution < -0.4 is 15.7 Å². The second-order valence-corrected chi connectivity index (χ2v) is 3.21. The van der Waals surface area contributed by atoms with Gasteiger partial charge in [0.15, 0.2) is 7.05 Å². The van der Waals surface area contributed by atoms with E-state index >= 15 is 0 Å². The van der Waals surface area contributed by atoms with E-state index in [2.05, 4.69) is 20.4 Å². The monoisotopic (exact) mass is 205 g/mol. The average Bonchev–Trinajstić information content (AvgIpc) is 2.64. The quantitative estimate of drug-likeness (QED) is 0.599. The van der Waals surface area contributed by atoms with Crippen molar-refractivity contribution in [2.45, 2.75) is 0 Å². The average molecular weight is 205 g/mol. The van der Waals surface area contributed by atoms with Crippen molar-refractivity contribution in [2.75, 3.05) is 18.1 Å². The summed E-state index contributed by atoms with van der Waals surface area (Å²) in [6, 6.07) is 0. The van der Waals surface area contributed by atoms with Gasteiger partial charge in [0, 0.05) is 13.2 Å². The molecule has 0 aliphatic rings. The van der Waals surface area contributed by atoms with Crippen molar-refractivity contribution >= 4 is 11.8 Å². The molecule has 0 aliphatic heterocycles. The maximum atomic E-state index is 5.51. The van der Waals surface area contributed by atoms with Gasteiger partial charge in [-0.3, -0.25) is 0 Å². The van der Waals surface area contributed by atoms with Gasteiger partial charge in [0.05, 0.1) is 17.3 Å². The molecule has 0 aromatic carbocycles. The fraction of sp³-hybridized carbons (Fsp3) is 0.222. The number of aryl methyl sites for hydroxylation is 1. The summed E-state index contributed by atoms with van der Waals surface area (Å²) < 4.78 is 1.85. The van der Waals surface area contributed by atoms with Crippen LogP contribution in [0.5, 0.6) is 0 Å². The van der Waals surface area contributed by atoms with Crippen molar-refractivity contribution in [1.29, 1.82) is 0 Å². The highest BCUT2D eigenvalue weighted by molar-refractivity contribution is 5.73. The molecule has 0 bridgehead atoms. The number of rotatable bonds is 2. The Kier molecular flexibility index (Phi) is 2.24. The van der Waals surface area contributed by atoms with Crippen LogP contribution in [-0.2, 0) is 7.05 Å². The van der Waals surface area contributed by atoms with Gasteiger partial charge in [-0.2, -0.15) is 10.1 Å². The predicted octanol–water partition coefficient (Wildman–Crippen LogP) is -0.0799. The highest BCUT2D eigenvalue weighted by Gasteiger charge is 2.11. The zero-order valence-corrected chi connectivity index (χ0v) is 8.65. The summed E-state index contributed by atoms with van der Waals surface area (Å²) in [7, 11) is 3.72. The van der Waals surface area contributed by atoms with Gasteiger partial charge in [0.25, 0.3) is 0 Å². The van der Waals surface area contributed by atoms with Crippen molar-refractivity contribution in [1.82, 2.24) is 15.1 Å². The van der Waals surface area contributed by atoms with E-state index in [1.807, 2.05) is 24.1 Å². The van der Waals surface area contributed by atoms with E-state index in [1.54, 1.807) is 13.2 Å². The molecule has 0 aliphatic carbocycles. The number of aromatic amines is 1. The molecule has 0 spiro atoms. The summed E-state index contributed by atoms with van der Waals surface area (Å²) in [5.74, 6) is 0.991. The summed E-state index contributed by atoms with van der Waals surface area (Å²) in [6.07, 6.45) is 5.54. The number of hydrogen-bond donors (Lipinski definition) is 3. The molecule has 0 unspecified atom stereocenters. The first-order chi connectivity index (χ1) is 7.20. The topological polar surface area (TPSA) is 83.5 Å². The first-order valence-electron chi connectivity index (χ1n) is 4.55. The zero-order valence-electron chi connectivity index (χ0n) is 8.65. The third-order valence-electron chi connectivity index (χ3n) is 2.11. The molecule has 4 N–H and O–H groups in total. The van der Waals surface area contributed by atoms with E-state index in [9.17, 15) is 0 Å². The molecule has 2 aromatic rings. The Morgan fingerprint density at radius 2 is 2.33 bits per heavy atom.